The lowest BCUT2D eigenvalue weighted by Gasteiger charge is -2.33. The van der Waals surface area contributed by atoms with E-state index in [0.29, 0.717) is 12.0 Å². The van der Waals surface area contributed by atoms with Gasteiger partial charge in [0.2, 0.25) is 0 Å². The van der Waals surface area contributed by atoms with Crippen LogP contribution >= 0.6 is 0 Å². The molecule has 1 saturated heterocycles. The molecule has 0 spiro atoms. The minimum Gasteiger partial charge on any atom is -0.323 e. The van der Waals surface area contributed by atoms with E-state index >= 15 is 0 Å². The minimum absolute atomic E-state index is 0.0619. The number of rotatable bonds is 3. The molecule has 15 heavy (non-hydrogen) atoms. The molecule has 1 heterocycles. The molecular formula is C11H13BO3. The van der Waals surface area contributed by atoms with Crippen LogP contribution in [0, 0.1) is 0 Å². The van der Waals surface area contributed by atoms with Gasteiger partial charge < -0.3 is 9.47 Å². The van der Waals surface area contributed by atoms with E-state index in [9.17, 15) is 4.79 Å². The van der Waals surface area contributed by atoms with Crippen molar-refractivity contribution in [1.29, 1.82) is 0 Å². The van der Waals surface area contributed by atoms with Crippen molar-refractivity contribution < 1.29 is 14.3 Å². The second-order valence-corrected chi connectivity index (χ2v) is 3.76. The number of ketones is 1. The van der Waals surface area contributed by atoms with Crippen LogP contribution in [0.1, 0.15) is 23.7 Å². The lowest BCUT2D eigenvalue weighted by atomic mass is 9.94. The van der Waals surface area contributed by atoms with Crippen LogP contribution in [0.25, 0.3) is 0 Å². The summed E-state index contributed by atoms with van der Waals surface area (Å²) in [4.78, 5) is 11.7. The molecule has 2 rings (SSSR count). The largest absolute Gasteiger partial charge is 0.323 e. The van der Waals surface area contributed by atoms with Crippen LogP contribution in [0.4, 0.5) is 0 Å². The summed E-state index contributed by atoms with van der Waals surface area (Å²) < 4.78 is 10.4. The summed E-state index contributed by atoms with van der Waals surface area (Å²) >= 11 is 0. The Kier molecular flexibility index (Phi) is 2.89. The van der Waals surface area contributed by atoms with Crippen molar-refractivity contribution in [2.75, 3.05) is 0 Å². The predicted molar refractivity (Wildman–Crippen MR) is 59.0 cm³/mol. The van der Waals surface area contributed by atoms with Gasteiger partial charge in [-0.15, -0.1) is 0 Å². The predicted octanol–water partition coefficient (Wildman–Crippen LogP) is 0.237. The first-order valence-electron chi connectivity index (χ1n) is 5.06. The molecule has 0 N–H and O–H groups in total. The molecule has 1 aliphatic heterocycles. The van der Waals surface area contributed by atoms with Gasteiger partial charge in [0.1, 0.15) is 7.85 Å². The molecule has 78 valence electrons. The highest BCUT2D eigenvalue weighted by atomic mass is 16.9. The fourth-order valence-electron chi connectivity index (χ4n) is 1.54. The van der Waals surface area contributed by atoms with Crippen molar-refractivity contribution in [3.63, 3.8) is 0 Å². The number of hydrogen-bond donors (Lipinski definition) is 0. The molecule has 0 bridgehead atoms. The van der Waals surface area contributed by atoms with Gasteiger partial charge in [0, 0.05) is 5.56 Å². The third-order valence-corrected chi connectivity index (χ3v) is 2.41. The molecule has 1 aliphatic rings. The Labute approximate surface area is 89.8 Å². The first-order chi connectivity index (χ1) is 7.15. The maximum absolute atomic E-state index is 11.7. The zero-order valence-corrected chi connectivity index (χ0v) is 8.90. The fourth-order valence-corrected chi connectivity index (χ4v) is 1.54. The number of benzene rings is 1. The smallest absolute Gasteiger partial charge is 0.171 e. The Morgan fingerprint density at radius 3 is 2.47 bits per heavy atom. The van der Waals surface area contributed by atoms with Gasteiger partial charge in [-0.25, -0.2) is 0 Å². The van der Waals surface area contributed by atoms with Crippen molar-refractivity contribution in [3.05, 3.63) is 29.8 Å². The Balaban J connectivity index is 1.93. The first-order valence-corrected chi connectivity index (χ1v) is 5.06. The Bertz CT molecular complexity index is 355. The van der Waals surface area contributed by atoms with Crippen molar-refractivity contribution in [2.45, 2.75) is 25.9 Å². The summed E-state index contributed by atoms with van der Waals surface area (Å²) in [5.74, 6) is 0.0619. The third-order valence-electron chi connectivity index (χ3n) is 2.41. The van der Waals surface area contributed by atoms with Gasteiger partial charge >= 0.3 is 0 Å². The Hall–Kier alpha value is -1.13. The highest BCUT2D eigenvalue weighted by molar-refractivity contribution is 6.32. The minimum atomic E-state index is -0.353. The van der Waals surface area contributed by atoms with Crippen LogP contribution in [0.15, 0.2) is 24.3 Å². The summed E-state index contributed by atoms with van der Waals surface area (Å²) in [5, 5.41) is 0. The molecule has 0 saturated carbocycles. The van der Waals surface area contributed by atoms with E-state index in [4.69, 9.17) is 9.47 Å². The van der Waals surface area contributed by atoms with E-state index in [2.05, 4.69) is 0 Å². The van der Waals surface area contributed by atoms with Crippen LogP contribution < -0.4 is 5.46 Å². The summed E-state index contributed by atoms with van der Waals surface area (Å²) in [6.07, 6.45) is -0.220. The molecule has 1 fully saturated rings. The number of hydrogen-bond acceptors (Lipinski definition) is 3. The van der Waals surface area contributed by atoms with Gasteiger partial charge in [-0.2, -0.15) is 0 Å². The topological polar surface area (TPSA) is 35.5 Å². The van der Waals surface area contributed by atoms with Crippen LogP contribution in [0.3, 0.4) is 0 Å². The average Bonchev–Trinajstić information content (AvgIpc) is 2.16. The molecule has 3 nitrogen and oxygen atoms in total. The zero-order chi connectivity index (χ0) is 10.8. The Morgan fingerprint density at radius 1 is 1.33 bits per heavy atom. The monoisotopic (exact) mass is 204 g/mol. The second-order valence-electron chi connectivity index (χ2n) is 3.76. The van der Waals surface area contributed by atoms with E-state index in [-0.39, 0.29) is 18.4 Å². The average molecular weight is 204 g/mol. The highest BCUT2D eigenvalue weighted by Crippen LogP contribution is 2.20. The number of ether oxygens (including phenoxy) is 2. The molecule has 1 aromatic rings. The summed E-state index contributed by atoms with van der Waals surface area (Å²) in [7, 11) is 1.99. The Morgan fingerprint density at radius 2 is 1.93 bits per heavy atom. The fraction of sp³-hybridized carbons (Fsp3) is 0.364. The van der Waals surface area contributed by atoms with Gasteiger partial charge in [0.25, 0.3) is 0 Å². The first kappa shape index (κ1) is 10.4. The lowest BCUT2D eigenvalue weighted by Crippen LogP contribution is -2.40. The van der Waals surface area contributed by atoms with Crippen LogP contribution in [-0.4, -0.2) is 26.2 Å². The number of carbonyl (C=O) groups excluding carboxylic acids is 1. The van der Waals surface area contributed by atoms with Crippen LogP contribution in [0.2, 0.25) is 0 Å². The van der Waals surface area contributed by atoms with Crippen molar-refractivity contribution in [2.24, 2.45) is 0 Å². The quantitative estimate of drug-likeness (QED) is 0.522. The van der Waals surface area contributed by atoms with Crippen molar-refractivity contribution in [1.82, 2.24) is 0 Å². The van der Waals surface area contributed by atoms with Gasteiger partial charge in [-0.3, -0.25) is 4.79 Å². The van der Waals surface area contributed by atoms with Gasteiger partial charge in [-0.1, -0.05) is 29.7 Å². The third kappa shape index (κ3) is 2.46. The molecule has 0 aromatic heterocycles. The van der Waals surface area contributed by atoms with Gasteiger partial charge in [0.15, 0.2) is 18.4 Å². The summed E-state index contributed by atoms with van der Waals surface area (Å²) in [6, 6.07) is 7.52. The molecule has 0 amide bonds. The lowest BCUT2D eigenvalue weighted by molar-refractivity contribution is -0.372. The maximum Gasteiger partial charge on any atom is 0.171 e. The normalized spacial score (nSPS) is 24.6. The molecule has 0 atom stereocenters. The van der Waals surface area contributed by atoms with Crippen molar-refractivity contribution in [3.8, 4) is 0 Å². The summed E-state index contributed by atoms with van der Waals surface area (Å²) in [5.41, 5.74) is 1.86. The molecule has 0 unspecified atom stereocenters. The van der Waals surface area contributed by atoms with E-state index in [1.54, 1.807) is 0 Å². The van der Waals surface area contributed by atoms with E-state index in [1.165, 1.54) is 0 Å². The van der Waals surface area contributed by atoms with Gasteiger partial charge in [0.05, 0.1) is 6.42 Å². The zero-order valence-electron chi connectivity index (χ0n) is 8.90. The molecule has 4 heteroatoms. The molecular weight excluding hydrogens is 191 g/mol. The SMILES string of the molecule is Bc1ccc(C(=O)CC2OC(C)O2)cc1. The van der Waals surface area contributed by atoms with Gasteiger partial charge in [-0.05, 0) is 6.92 Å². The van der Waals surface area contributed by atoms with E-state index in [1.807, 2.05) is 39.0 Å². The summed E-state index contributed by atoms with van der Waals surface area (Å²) in [6.45, 7) is 1.81. The van der Waals surface area contributed by atoms with E-state index < -0.39 is 0 Å². The second kappa shape index (κ2) is 4.17. The van der Waals surface area contributed by atoms with Crippen LogP contribution in [-0.2, 0) is 9.47 Å². The highest BCUT2D eigenvalue weighted by Gasteiger charge is 2.29. The molecule has 0 radical (unpaired) electrons. The molecule has 1 aromatic carbocycles. The standard InChI is InChI=1S/C11H13BO3/c1-7-14-11(15-7)6-10(13)8-2-4-9(12)5-3-8/h2-5,7,11H,6,12H2,1H3. The maximum atomic E-state index is 11.7. The number of carbonyl (C=O) groups is 1. The molecule has 0 aliphatic carbocycles. The number of Topliss-reactive ketones (excluding diaryl/α,β-unsaturated/α-hetero) is 1. The van der Waals surface area contributed by atoms with E-state index in [0.717, 1.165) is 5.46 Å². The van der Waals surface area contributed by atoms with Crippen LogP contribution in [0.5, 0.6) is 0 Å². The van der Waals surface area contributed by atoms with Crippen molar-refractivity contribution >= 4 is 19.1 Å².